The number of carbonyl (C=O) groups excluding carboxylic acids is 1. The molecule has 2 N–H and O–H groups in total. The van der Waals surface area contributed by atoms with Crippen molar-refractivity contribution in [3.8, 4) is 0 Å². The van der Waals surface area contributed by atoms with E-state index in [1.165, 1.54) is 19.3 Å². The Balaban J connectivity index is 0.000000706. The van der Waals surface area contributed by atoms with Gasteiger partial charge in [0.2, 0.25) is 5.91 Å². The van der Waals surface area contributed by atoms with Gasteiger partial charge in [-0.05, 0) is 55.3 Å². The van der Waals surface area contributed by atoms with Gasteiger partial charge in [0, 0.05) is 30.2 Å². The van der Waals surface area contributed by atoms with Gasteiger partial charge in [0.25, 0.3) is 6.47 Å². The third-order valence-corrected chi connectivity index (χ3v) is 6.64. The van der Waals surface area contributed by atoms with Gasteiger partial charge in [0.1, 0.15) is 0 Å². The largest absolute Gasteiger partial charge is 0.483 e. The van der Waals surface area contributed by atoms with Gasteiger partial charge in [0.05, 0.1) is 13.0 Å². The highest BCUT2D eigenvalue weighted by molar-refractivity contribution is 6.30. The first-order valence-corrected chi connectivity index (χ1v) is 10.4. The molecule has 0 radical (unpaired) electrons. The van der Waals surface area contributed by atoms with E-state index in [9.17, 15) is 9.90 Å². The molecule has 154 valence electrons. The molecule has 4 atom stereocenters. The number of aliphatic hydroxyl groups excluding tert-OH is 1. The van der Waals surface area contributed by atoms with E-state index in [4.69, 9.17) is 21.5 Å². The minimum atomic E-state index is -0.250. The number of hydrogen-bond donors (Lipinski definition) is 2. The van der Waals surface area contributed by atoms with Crippen LogP contribution in [0.1, 0.15) is 31.2 Å². The number of halogens is 1. The molecule has 0 aliphatic carbocycles. The van der Waals surface area contributed by atoms with Crippen molar-refractivity contribution in [1.29, 1.82) is 0 Å². The van der Waals surface area contributed by atoms with Gasteiger partial charge in [-0.15, -0.1) is 0 Å². The first-order chi connectivity index (χ1) is 13.6. The first kappa shape index (κ1) is 21.1. The van der Waals surface area contributed by atoms with Crippen molar-refractivity contribution in [3.05, 3.63) is 34.9 Å². The molecule has 3 saturated heterocycles. The number of likely N-dealkylation sites (tertiary alicyclic amines) is 1. The van der Waals surface area contributed by atoms with Gasteiger partial charge in [-0.2, -0.15) is 0 Å². The molecule has 1 aromatic rings. The Morgan fingerprint density at radius 3 is 2.71 bits per heavy atom. The number of piperidine rings is 3. The Morgan fingerprint density at radius 1 is 1.25 bits per heavy atom. The van der Waals surface area contributed by atoms with Gasteiger partial charge >= 0.3 is 0 Å². The van der Waals surface area contributed by atoms with Crippen molar-refractivity contribution >= 4 is 24.0 Å². The number of aliphatic hydroxyl groups is 1. The normalized spacial score (nSPS) is 29.3. The molecular weight excluding hydrogens is 380 g/mol. The van der Waals surface area contributed by atoms with E-state index in [-0.39, 0.29) is 25.0 Å². The summed E-state index contributed by atoms with van der Waals surface area (Å²) in [7, 11) is 0. The van der Waals surface area contributed by atoms with Crippen LogP contribution in [-0.4, -0.2) is 70.7 Å². The van der Waals surface area contributed by atoms with E-state index in [1.807, 2.05) is 29.2 Å². The van der Waals surface area contributed by atoms with E-state index in [0.717, 1.165) is 31.6 Å². The lowest BCUT2D eigenvalue weighted by Gasteiger charge is -2.56. The number of benzene rings is 1. The summed E-state index contributed by atoms with van der Waals surface area (Å²) in [5.41, 5.74) is 0.978. The molecule has 28 heavy (non-hydrogen) atoms. The van der Waals surface area contributed by atoms with Gasteiger partial charge in [-0.25, -0.2) is 0 Å². The molecule has 1 amide bonds. The predicted molar refractivity (Wildman–Crippen MR) is 107 cm³/mol. The molecule has 2 bridgehead atoms. The average Bonchev–Trinajstić information content (AvgIpc) is 2.69. The van der Waals surface area contributed by atoms with Crippen LogP contribution in [-0.2, 0) is 16.0 Å². The van der Waals surface area contributed by atoms with Crippen molar-refractivity contribution in [2.45, 2.75) is 44.2 Å². The van der Waals surface area contributed by atoms with Crippen molar-refractivity contribution in [2.24, 2.45) is 11.8 Å². The number of fused-ring (bicyclic) bond motifs is 4. The molecule has 3 heterocycles. The summed E-state index contributed by atoms with van der Waals surface area (Å²) in [6.07, 6.45) is 5.30. The van der Waals surface area contributed by atoms with Crippen LogP contribution >= 0.6 is 11.6 Å². The van der Waals surface area contributed by atoms with Crippen LogP contribution in [0.2, 0.25) is 5.02 Å². The van der Waals surface area contributed by atoms with E-state index in [0.29, 0.717) is 29.3 Å². The fourth-order valence-corrected chi connectivity index (χ4v) is 5.51. The SMILES string of the molecule is O=C(Cc1cccc(Cl)c1)N1C[C@H]2C[C@@H](C1)[C@H](CO)N1CCCC[C@@H]21.O=CO. The predicted octanol–water partition coefficient (Wildman–Crippen LogP) is 2.28. The average molecular weight is 409 g/mol. The van der Waals surface area contributed by atoms with Crippen LogP contribution in [0.5, 0.6) is 0 Å². The fraction of sp³-hybridized carbons (Fsp3) is 0.619. The number of carbonyl (C=O) groups is 2. The molecule has 7 heteroatoms. The molecule has 6 nitrogen and oxygen atoms in total. The summed E-state index contributed by atoms with van der Waals surface area (Å²) in [5, 5.41) is 17.5. The zero-order chi connectivity index (χ0) is 20.1. The van der Waals surface area contributed by atoms with Crippen LogP contribution in [0, 0.1) is 11.8 Å². The molecule has 3 fully saturated rings. The molecule has 0 spiro atoms. The van der Waals surface area contributed by atoms with E-state index >= 15 is 0 Å². The summed E-state index contributed by atoms with van der Waals surface area (Å²) in [4.78, 5) is 25.8. The van der Waals surface area contributed by atoms with E-state index < -0.39 is 0 Å². The topological polar surface area (TPSA) is 81.1 Å². The summed E-state index contributed by atoms with van der Waals surface area (Å²) < 4.78 is 0. The third-order valence-electron chi connectivity index (χ3n) is 6.41. The minimum absolute atomic E-state index is 0.193. The Morgan fingerprint density at radius 2 is 2.00 bits per heavy atom. The molecular formula is C21H29ClN2O4. The van der Waals surface area contributed by atoms with Crippen LogP contribution in [0.4, 0.5) is 0 Å². The quantitative estimate of drug-likeness (QED) is 0.750. The number of carboxylic acid groups (broad SMARTS) is 1. The molecule has 0 aromatic heterocycles. The molecule has 1 aromatic carbocycles. The lowest BCUT2D eigenvalue weighted by atomic mass is 9.72. The highest BCUT2D eigenvalue weighted by atomic mass is 35.5. The van der Waals surface area contributed by atoms with E-state index in [2.05, 4.69) is 4.90 Å². The Labute approximate surface area is 171 Å². The standard InChI is InChI=1S/C20H27ClN2O2.CH2O2/c21-17-5-3-4-14(8-17)9-20(25)22-11-15-10-16(12-22)19(13-24)23-7-2-1-6-18(15)23;2-1-3/h3-5,8,15-16,18-19,24H,1-2,6-7,9-13H2;1H,(H,2,3)/t15-,16+,18+,19+;/m1./s1. The Hall–Kier alpha value is -1.63. The van der Waals surface area contributed by atoms with Crippen molar-refractivity contribution in [1.82, 2.24) is 9.80 Å². The number of hydrogen-bond acceptors (Lipinski definition) is 4. The Bertz CT molecular complexity index is 672. The third kappa shape index (κ3) is 4.67. The number of rotatable bonds is 3. The lowest BCUT2D eigenvalue weighted by molar-refractivity contribution is -0.141. The summed E-state index contributed by atoms with van der Waals surface area (Å²) in [6.45, 7) is 2.73. The van der Waals surface area contributed by atoms with Crippen LogP contribution < -0.4 is 0 Å². The first-order valence-electron chi connectivity index (χ1n) is 10.0. The zero-order valence-electron chi connectivity index (χ0n) is 16.0. The van der Waals surface area contributed by atoms with Crippen LogP contribution in [0.3, 0.4) is 0 Å². The monoisotopic (exact) mass is 408 g/mol. The number of amides is 1. The molecule has 4 rings (SSSR count). The summed E-state index contributed by atoms with van der Waals surface area (Å²) in [5.74, 6) is 1.16. The highest BCUT2D eigenvalue weighted by Crippen LogP contribution is 2.41. The maximum atomic E-state index is 12.9. The van der Waals surface area contributed by atoms with Gasteiger partial charge < -0.3 is 15.1 Å². The molecule has 0 unspecified atom stereocenters. The second-order valence-electron chi connectivity index (χ2n) is 8.02. The minimum Gasteiger partial charge on any atom is -0.483 e. The zero-order valence-corrected chi connectivity index (χ0v) is 16.8. The van der Waals surface area contributed by atoms with Gasteiger partial charge in [-0.3, -0.25) is 14.5 Å². The second kappa shape index (κ2) is 9.72. The number of nitrogens with zero attached hydrogens (tertiary/aromatic N) is 2. The summed E-state index contributed by atoms with van der Waals surface area (Å²) >= 11 is 6.05. The maximum absolute atomic E-state index is 12.9. The molecule has 0 saturated carbocycles. The van der Waals surface area contributed by atoms with Crippen molar-refractivity contribution in [2.75, 3.05) is 26.2 Å². The van der Waals surface area contributed by atoms with Crippen molar-refractivity contribution in [3.63, 3.8) is 0 Å². The van der Waals surface area contributed by atoms with E-state index in [1.54, 1.807) is 0 Å². The van der Waals surface area contributed by atoms with Crippen molar-refractivity contribution < 1.29 is 19.8 Å². The molecule has 3 aliphatic heterocycles. The Kier molecular flexibility index (Phi) is 7.32. The smallest absolute Gasteiger partial charge is 0.290 e. The second-order valence-corrected chi connectivity index (χ2v) is 8.45. The van der Waals surface area contributed by atoms with Crippen LogP contribution in [0.15, 0.2) is 24.3 Å². The fourth-order valence-electron chi connectivity index (χ4n) is 5.30. The molecule has 3 aliphatic rings. The maximum Gasteiger partial charge on any atom is 0.290 e. The van der Waals surface area contributed by atoms with Gasteiger partial charge in [0.15, 0.2) is 0 Å². The highest BCUT2D eigenvalue weighted by Gasteiger charge is 2.47. The van der Waals surface area contributed by atoms with Crippen LogP contribution in [0.25, 0.3) is 0 Å². The van der Waals surface area contributed by atoms with Gasteiger partial charge in [-0.1, -0.05) is 30.2 Å². The lowest BCUT2D eigenvalue weighted by Crippen LogP contribution is -2.65. The summed E-state index contributed by atoms with van der Waals surface area (Å²) in [6, 6.07) is 8.35.